The van der Waals surface area contributed by atoms with Gasteiger partial charge >= 0.3 is 0 Å². The fourth-order valence-electron chi connectivity index (χ4n) is 2.16. The molecular formula is C22H24O. The molecule has 0 fully saturated rings. The summed E-state index contributed by atoms with van der Waals surface area (Å²) in [5.41, 5.74) is 3.44. The molecule has 1 nitrogen and oxygen atoms in total. The highest BCUT2D eigenvalue weighted by Crippen LogP contribution is 2.12. The zero-order chi connectivity index (χ0) is 16.3. The predicted molar refractivity (Wildman–Crippen MR) is 97.8 cm³/mol. The summed E-state index contributed by atoms with van der Waals surface area (Å²) in [6.07, 6.45) is 7.59. The first-order valence-electron chi connectivity index (χ1n) is 8.27. The van der Waals surface area contributed by atoms with Crippen LogP contribution < -0.4 is 4.74 Å². The Morgan fingerprint density at radius 2 is 1.52 bits per heavy atom. The van der Waals surface area contributed by atoms with Crippen LogP contribution in [-0.4, -0.2) is 6.61 Å². The Bertz CT molecular complexity index is 667. The summed E-state index contributed by atoms with van der Waals surface area (Å²) >= 11 is 0. The second-order valence-electron chi connectivity index (χ2n) is 5.45. The number of aryl methyl sites for hydroxylation is 1. The summed E-state index contributed by atoms with van der Waals surface area (Å²) in [6, 6.07) is 16.5. The van der Waals surface area contributed by atoms with Gasteiger partial charge in [0.1, 0.15) is 12.4 Å². The van der Waals surface area contributed by atoms with E-state index in [1.54, 1.807) is 0 Å². The van der Waals surface area contributed by atoms with Crippen LogP contribution in [0.4, 0.5) is 0 Å². The fourth-order valence-corrected chi connectivity index (χ4v) is 2.16. The highest BCUT2D eigenvalue weighted by atomic mass is 16.5. The Labute approximate surface area is 140 Å². The van der Waals surface area contributed by atoms with Gasteiger partial charge in [-0.3, -0.25) is 0 Å². The van der Waals surface area contributed by atoms with Gasteiger partial charge < -0.3 is 4.74 Å². The lowest BCUT2D eigenvalue weighted by molar-refractivity contribution is 0.362. The number of allylic oxidation sites excluding steroid dienone is 1. The number of unbranched alkanes of at least 4 members (excludes halogenated alkanes) is 1. The van der Waals surface area contributed by atoms with Gasteiger partial charge in [0.25, 0.3) is 0 Å². The first-order chi connectivity index (χ1) is 11.3. The third-order valence-corrected chi connectivity index (χ3v) is 3.56. The van der Waals surface area contributed by atoms with Crippen LogP contribution in [0.3, 0.4) is 0 Å². The van der Waals surface area contributed by atoms with Gasteiger partial charge in [-0.15, -0.1) is 0 Å². The Kier molecular flexibility index (Phi) is 7.01. The minimum absolute atomic E-state index is 0.603. The summed E-state index contributed by atoms with van der Waals surface area (Å²) in [5, 5.41) is 0. The van der Waals surface area contributed by atoms with E-state index in [0.717, 1.165) is 23.3 Å². The maximum absolute atomic E-state index is 5.57. The highest BCUT2D eigenvalue weighted by molar-refractivity contribution is 5.44. The number of benzene rings is 2. The first kappa shape index (κ1) is 16.9. The van der Waals surface area contributed by atoms with Crippen molar-refractivity contribution in [3.63, 3.8) is 0 Å². The second kappa shape index (κ2) is 9.54. The molecule has 0 saturated heterocycles. The normalized spacial score (nSPS) is 10.3. The molecule has 2 aromatic rings. The summed E-state index contributed by atoms with van der Waals surface area (Å²) < 4.78 is 5.57. The maximum atomic E-state index is 5.57. The summed E-state index contributed by atoms with van der Waals surface area (Å²) in [4.78, 5) is 0. The third kappa shape index (κ3) is 6.04. The number of ether oxygens (including phenoxy) is 1. The predicted octanol–water partition coefficient (Wildman–Crippen LogP) is 5.38. The molecule has 0 N–H and O–H groups in total. The van der Waals surface area contributed by atoms with Crippen molar-refractivity contribution < 1.29 is 4.74 Å². The van der Waals surface area contributed by atoms with Crippen molar-refractivity contribution >= 4 is 0 Å². The minimum atomic E-state index is 0.603. The van der Waals surface area contributed by atoms with Gasteiger partial charge in [-0.2, -0.15) is 0 Å². The van der Waals surface area contributed by atoms with Crippen LogP contribution in [0.1, 0.15) is 43.4 Å². The topological polar surface area (TPSA) is 9.23 Å². The molecule has 0 aromatic heterocycles. The molecule has 0 atom stereocenters. The lowest BCUT2D eigenvalue weighted by Crippen LogP contribution is -1.92. The van der Waals surface area contributed by atoms with Gasteiger partial charge in [0, 0.05) is 11.1 Å². The van der Waals surface area contributed by atoms with Crippen LogP contribution in [0.15, 0.2) is 60.7 Å². The van der Waals surface area contributed by atoms with E-state index < -0.39 is 0 Å². The zero-order valence-electron chi connectivity index (χ0n) is 14.0. The van der Waals surface area contributed by atoms with Crippen LogP contribution in [0.2, 0.25) is 0 Å². The van der Waals surface area contributed by atoms with E-state index in [1.807, 2.05) is 43.3 Å². The zero-order valence-corrected chi connectivity index (χ0v) is 14.0. The van der Waals surface area contributed by atoms with Crippen molar-refractivity contribution in [2.24, 2.45) is 0 Å². The third-order valence-electron chi connectivity index (χ3n) is 3.56. The van der Waals surface area contributed by atoms with Crippen molar-refractivity contribution in [1.82, 2.24) is 0 Å². The molecule has 0 radical (unpaired) electrons. The Morgan fingerprint density at radius 1 is 0.913 bits per heavy atom. The Hall–Kier alpha value is -2.46. The molecule has 0 bridgehead atoms. The first-order valence-corrected chi connectivity index (χ1v) is 8.27. The lowest BCUT2D eigenvalue weighted by Gasteiger charge is -2.02. The van der Waals surface area contributed by atoms with E-state index in [9.17, 15) is 0 Å². The van der Waals surface area contributed by atoms with Crippen LogP contribution in [0.5, 0.6) is 5.75 Å². The number of hydrogen-bond acceptors (Lipinski definition) is 1. The van der Waals surface area contributed by atoms with Gasteiger partial charge in [0.2, 0.25) is 0 Å². The van der Waals surface area contributed by atoms with Crippen LogP contribution in [-0.2, 0) is 6.42 Å². The molecule has 23 heavy (non-hydrogen) atoms. The minimum Gasteiger partial charge on any atom is -0.490 e. The molecule has 0 heterocycles. The van der Waals surface area contributed by atoms with Crippen molar-refractivity contribution in [2.75, 3.05) is 6.61 Å². The standard InChI is InChI=1S/C22H24O/c1-3-5-7-19-8-10-20(11-9-19)12-13-21-14-16-22(17-15-21)23-18-6-4-2/h4,6,8-11,14-17H,3,5,7,18H2,1-2H3. The SMILES string of the molecule is CC=CCOc1ccc(C#Cc2ccc(CCCC)cc2)cc1. The fraction of sp³-hybridized carbons (Fsp3) is 0.273. The average molecular weight is 304 g/mol. The molecular weight excluding hydrogens is 280 g/mol. The van der Waals surface area contributed by atoms with Crippen molar-refractivity contribution in [2.45, 2.75) is 33.1 Å². The number of rotatable bonds is 6. The summed E-state index contributed by atoms with van der Waals surface area (Å²) in [6.45, 7) is 4.81. The van der Waals surface area contributed by atoms with Crippen LogP contribution in [0.25, 0.3) is 0 Å². The molecule has 1 heteroatoms. The van der Waals surface area contributed by atoms with Crippen molar-refractivity contribution in [3.8, 4) is 17.6 Å². The molecule has 0 aliphatic heterocycles. The lowest BCUT2D eigenvalue weighted by atomic mass is 10.1. The summed E-state index contributed by atoms with van der Waals surface area (Å²) in [7, 11) is 0. The average Bonchev–Trinajstić information content (AvgIpc) is 2.60. The molecule has 0 amide bonds. The second-order valence-corrected chi connectivity index (χ2v) is 5.45. The molecule has 0 saturated carbocycles. The van der Waals surface area contributed by atoms with E-state index in [0.29, 0.717) is 6.61 Å². The van der Waals surface area contributed by atoms with Gasteiger partial charge in [-0.05, 0) is 61.7 Å². The smallest absolute Gasteiger partial charge is 0.119 e. The molecule has 0 spiro atoms. The van der Waals surface area contributed by atoms with Crippen LogP contribution in [0, 0.1) is 11.8 Å². The van der Waals surface area contributed by atoms with E-state index in [4.69, 9.17) is 4.74 Å². The van der Waals surface area contributed by atoms with Crippen molar-refractivity contribution in [3.05, 3.63) is 77.4 Å². The van der Waals surface area contributed by atoms with E-state index in [2.05, 4.69) is 43.0 Å². The van der Waals surface area contributed by atoms with Gasteiger partial charge in [0.15, 0.2) is 0 Å². The van der Waals surface area contributed by atoms with Crippen LogP contribution >= 0.6 is 0 Å². The molecule has 2 rings (SSSR count). The molecule has 118 valence electrons. The Morgan fingerprint density at radius 3 is 2.09 bits per heavy atom. The highest BCUT2D eigenvalue weighted by Gasteiger charge is 1.94. The maximum Gasteiger partial charge on any atom is 0.119 e. The van der Waals surface area contributed by atoms with E-state index >= 15 is 0 Å². The van der Waals surface area contributed by atoms with E-state index in [-0.39, 0.29) is 0 Å². The molecule has 0 unspecified atom stereocenters. The quantitative estimate of drug-likeness (QED) is 0.514. The largest absolute Gasteiger partial charge is 0.490 e. The van der Waals surface area contributed by atoms with Crippen molar-refractivity contribution in [1.29, 1.82) is 0 Å². The molecule has 2 aromatic carbocycles. The monoisotopic (exact) mass is 304 g/mol. The number of hydrogen-bond donors (Lipinski definition) is 0. The summed E-state index contributed by atoms with van der Waals surface area (Å²) in [5.74, 6) is 7.28. The Balaban J connectivity index is 1.95. The van der Waals surface area contributed by atoms with Gasteiger partial charge in [-0.1, -0.05) is 49.5 Å². The van der Waals surface area contributed by atoms with E-state index in [1.165, 1.54) is 18.4 Å². The molecule has 0 aliphatic carbocycles. The van der Waals surface area contributed by atoms with Gasteiger partial charge in [0.05, 0.1) is 0 Å². The molecule has 0 aliphatic rings. The van der Waals surface area contributed by atoms with Gasteiger partial charge in [-0.25, -0.2) is 0 Å².